The van der Waals surface area contributed by atoms with E-state index < -0.39 is 5.97 Å². The zero-order chi connectivity index (χ0) is 26.5. The van der Waals surface area contributed by atoms with E-state index in [1.165, 1.54) is 30.2 Å². The second-order valence-electron chi connectivity index (χ2n) is 8.58. The third-order valence-electron chi connectivity index (χ3n) is 5.75. The lowest BCUT2D eigenvalue weighted by Gasteiger charge is -2.10. The second kappa shape index (κ2) is 11.6. The number of allylic oxidation sites excluding steroid dienone is 1. The van der Waals surface area contributed by atoms with Crippen LogP contribution in [-0.2, 0) is 16.1 Å². The summed E-state index contributed by atoms with van der Waals surface area (Å²) >= 11 is 2.58. The number of methoxy groups -OCH3 is 1. The van der Waals surface area contributed by atoms with Gasteiger partial charge in [0, 0.05) is 23.1 Å². The monoisotopic (exact) mass is 532 g/mol. The Bertz CT molecular complexity index is 1470. The Morgan fingerprint density at radius 2 is 1.89 bits per heavy atom. The van der Waals surface area contributed by atoms with Crippen molar-refractivity contribution in [3.63, 3.8) is 0 Å². The number of esters is 1. The predicted octanol–water partition coefficient (Wildman–Crippen LogP) is 6.30. The molecule has 0 aliphatic rings. The smallest absolute Gasteiger partial charge is 0.341 e. The molecular weight excluding hydrogens is 504 g/mol. The predicted molar refractivity (Wildman–Crippen MR) is 150 cm³/mol. The van der Waals surface area contributed by atoms with Crippen molar-refractivity contribution >= 4 is 40.0 Å². The minimum atomic E-state index is -0.492. The van der Waals surface area contributed by atoms with Gasteiger partial charge in [-0.2, -0.15) is 0 Å². The molecule has 0 spiro atoms. The van der Waals surface area contributed by atoms with Crippen LogP contribution in [0.15, 0.2) is 65.7 Å². The Labute approximate surface area is 224 Å². The largest absolute Gasteiger partial charge is 0.465 e. The maximum atomic E-state index is 13.0. The lowest BCUT2D eigenvalue weighted by atomic mass is 9.97. The van der Waals surface area contributed by atoms with Crippen molar-refractivity contribution in [1.82, 2.24) is 14.8 Å². The van der Waals surface area contributed by atoms with Gasteiger partial charge in [-0.05, 0) is 38.0 Å². The molecule has 9 heteroatoms. The summed E-state index contributed by atoms with van der Waals surface area (Å²) in [6, 6.07) is 14.1. The quantitative estimate of drug-likeness (QED) is 0.155. The van der Waals surface area contributed by atoms with Crippen molar-refractivity contribution in [3.05, 3.63) is 82.8 Å². The number of carbonyl (C=O) groups is 2. The first-order valence-corrected chi connectivity index (χ1v) is 13.5. The fraction of sp³-hybridized carbons (Fsp3) is 0.214. The molecule has 0 saturated heterocycles. The Kier molecular flexibility index (Phi) is 8.25. The number of thioether (sulfide) groups is 1. The van der Waals surface area contributed by atoms with E-state index in [2.05, 4.69) is 22.1 Å². The highest BCUT2D eigenvalue weighted by Crippen LogP contribution is 2.38. The van der Waals surface area contributed by atoms with Gasteiger partial charge in [-0.15, -0.1) is 28.1 Å². The van der Waals surface area contributed by atoms with E-state index in [0.29, 0.717) is 22.3 Å². The van der Waals surface area contributed by atoms with Crippen LogP contribution >= 0.6 is 23.1 Å². The van der Waals surface area contributed by atoms with E-state index >= 15 is 0 Å². The van der Waals surface area contributed by atoms with Crippen LogP contribution in [0.25, 0.3) is 22.5 Å². The minimum absolute atomic E-state index is 0.0976. The molecule has 190 valence electrons. The van der Waals surface area contributed by atoms with Crippen LogP contribution in [-0.4, -0.2) is 39.5 Å². The van der Waals surface area contributed by atoms with E-state index in [1.807, 2.05) is 73.2 Å². The molecule has 0 aliphatic heterocycles. The number of rotatable bonds is 9. The number of benzene rings is 2. The lowest BCUT2D eigenvalue weighted by molar-refractivity contribution is -0.113. The molecule has 0 unspecified atom stereocenters. The van der Waals surface area contributed by atoms with Crippen molar-refractivity contribution in [3.8, 4) is 22.5 Å². The van der Waals surface area contributed by atoms with E-state index in [4.69, 9.17) is 4.74 Å². The van der Waals surface area contributed by atoms with Crippen LogP contribution in [0.4, 0.5) is 5.00 Å². The number of amides is 1. The van der Waals surface area contributed by atoms with E-state index in [-0.39, 0.29) is 11.7 Å². The average Bonchev–Trinajstić information content (AvgIpc) is 3.48. The Balaban J connectivity index is 1.55. The molecule has 7 nitrogen and oxygen atoms in total. The molecule has 2 aromatic heterocycles. The van der Waals surface area contributed by atoms with Crippen molar-refractivity contribution in [2.45, 2.75) is 32.5 Å². The van der Waals surface area contributed by atoms with Gasteiger partial charge in [0.2, 0.25) is 5.91 Å². The summed E-state index contributed by atoms with van der Waals surface area (Å²) in [5.41, 5.74) is 6.23. The van der Waals surface area contributed by atoms with Crippen LogP contribution in [0.2, 0.25) is 0 Å². The standard InChI is InChI=1S/C28H28N4O3S2/c1-6-12-32-25(20-9-7-8-17(2)13-20)30-31-28(32)37-16-23(33)29-26-24(27(34)35-5)22(15-36-26)21-14-18(3)10-11-19(21)4/h6-11,13-15H,1,12,16H2,2-5H3,(H,29,33). The van der Waals surface area contributed by atoms with Crippen molar-refractivity contribution in [1.29, 1.82) is 0 Å². The molecule has 0 radical (unpaired) electrons. The molecule has 0 fully saturated rings. The molecule has 1 N–H and O–H groups in total. The molecule has 2 aromatic carbocycles. The fourth-order valence-corrected chi connectivity index (χ4v) is 5.67. The highest BCUT2D eigenvalue weighted by molar-refractivity contribution is 7.99. The second-order valence-corrected chi connectivity index (χ2v) is 10.4. The third-order valence-corrected chi connectivity index (χ3v) is 7.62. The van der Waals surface area contributed by atoms with Gasteiger partial charge in [0.05, 0.1) is 12.9 Å². The zero-order valence-corrected chi connectivity index (χ0v) is 22.8. The Hall–Kier alpha value is -3.69. The number of aryl methyl sites for hydroxylation is 3. The topological polar surface area (TPSA) is 86.1 Å². The van der Waals surface area contributed by atoms with E-state index in [9.17, 15) is 9.59 Å². The molecule has 0 aliphatic carbocycles. The van der Waals surface area contributed by atoms with E-state index in [1.54, 1.807) is 6.08 Å². The number of hydrogen-bond donors (Lipinski definition) is 1. The summed E-state index contributed by atoms with van der Waals surface area (Å²) in [6.07, 6.45) is 1.77. The molecule has 1 amide bonds. The number of aromatic nitrogens is 3. The van der Waals surface area contributed by atoms with Gasteiger partial charge in [0.15, 0.2) is 11.0 Å². The minimum Gasteiger partial charge on any atom is -0.465 e. The van der Waals surface area contributed by atoms with Crippen molar-refractivity contribution < 1.29 is 14.3 Å². The maximum Gasteiger partial charge on any atom is 0.341 e. The number of ether oxygens (including phenoxy) is 1. The maximum absolute atomic E-state index is 13.0. The van der Waals surface area contributed by atoms with Crippen molar-refractivity contribution in [2.24, 2.45) is 0 Å². The summed E-state index contributed by atoms with van der Waals surface area (Å²) in [4.78, 5) is 25.7. The molecular formula is C28H28N4O3S2. The lowest BCUT2D eigenvalue weighted by Crippen LogP contribution is -2.16. The molecule has 0 bridgehead atoms. The van der Waals surface area contributed by atoms with Crippen molar-refractivity contribution in [2.75, 3.05) is 18.2 Å². The SMILES string of the molecule is C=CCn1c(SCC(=O)Nc2scc(-c3cc(C)ccc3C)c2C(=O)OC)nnc1-c1cccc(C)c1. The summed E-state index contributed by atoms with van der Waals surface area (Å²) in [5, 5.41) is 14.5. The first-order chi connectivity index (χ1) is 17.8. The summed E-state index contributed by atoms with van der Waals surface area (Å²) in [5.74, 6) is 0.0692. The number of anilines is 1. The Morgan fingerprint density at radius 3 is 2.62 bits per heavy atom. The highest BCUT2D eigenvalue weighted by atomic mass is 32.2. The number of thiophene rings is 1. The molecule has 0 saturated carbocycles. The summed E-state index contributed by atoms with van der Waals surface area (Å²) in [7, 11) is 1.34. The van der Waals surface area contributed by atoms with Crippen LogP contribution in [0.1, 0.15) is 27.0 Å². The third kappa shape index (κ3) is 5.84. The van der Waals surface area contributed by atoms with Crippen LogP contribution in [0, 0.1) is 20.8 Å². The summed E-state index contributed by atoms with van der Waals surface area (Å²) in [6.45, 7) is 10.4. The molecule has 2 heterocycles. The fourth-order valence-electron chi connectivity index (χ4n) is 3.96. The normalized spacial score (nSPS) is 10.8. The molecule has 4 aromatic rings. The van der Waals surface area contributed by atoms with Gasteiger partial charge in [-0.25, -0.2) is 4.79 Å². The van der Waals surface area contributed by atoms with Gasteiger partial charge < -0.3 is 10.1 Å². The summed E-state index contributed by atoms with van der Waals surface area (Å²) < 4.78 is 6.99. The zero-order valence-electron chi connectivity index (χ0n) is 21.2. The molecule has 0 atom stereocenters. The molecule has 4 rings (SSSR count). The highest BCUT2D eigenvalue weighted by Gasteiger charge is 2.24. The van der Waals surface area contributed by atoms with Gasteiger partial charge in [-0.3, -0.25) is 9.36 Å². The van der Waals surface area contributed by atoms with Crippen LogP contribution in [0.5, 0.6) is 0 Å². The number of hydrogen-bond acceptors (Lipinski definition) is 7. The van der Waals surface area contributed by atoms with Crippen LogP contribution in [0.3, 0.4) is 0 Å². The van der Waals surface area contributed by atoms with E-state index in [0.717, 1.165) is 39.2 Å². The molecule has 37 heavy (non-hydrogen) atoms. The number of nitrogens with one attached hydrogen (secondary N) is 1. The van der Waals surface area contributed by atoms with Crippen LogP contribution < -0.4 is 5.32 Å². The van der Waals surface area contributed by atoms with Gasteiger partial charge in [-0.1, -0.05) is 65.4 Å². The van der Waals surface area contributed by atoms with Gasteiger partial charge >= 0.3 is 5.97 Å². The Morgan fingerprint density at radius 1 is 1.11 bits per heavy atom. The number of nitrogens with zero attached hydrogens (tertiary/aromatic N) is 3. The first kappa shape index (κ1) is 26.4. The number of carbonyl (C=O) groups excluding carboxylic acids is 2. The van der Waals surface area contributed by atoms with Gasteiger partial charge in [0.1, 0.15) is 10.6 Å². The average molecular weight is 533 g/mol. The van der Waals surface area contributed by atoms with Gasteiger partial charge in [0.25, 0.3) is 0 Å². The first-order valence-electron chi connectivity index (χ1n) is 11.6.